The molecule has 1 N–H and O–H groups in total. The summed E-state index contributed by atoms with van der Waals surface area (Å²) in [6, 6.07) is 14.2. The van der Waals surface area contributed by atoms with Gasteiger partial charge in [-0.25, -0.2) is 4.68 Å². The number of anilines is 1. The zero-order valence-electron chi connectivity index (χ0n) is 19.5. The fraction of sp³-hybridized carbons (Fsp3) is 0.385. The third-order valence-electron chi connectivity index (χ3n) is 7.06. The molecule has 0 unspecified atom stereocenters. The van der Waals surface area contributed by atoms with Crippen molar-refractivity contribution in [3.63, 3.8) is 0 Å². The van der Waals surface area contributed by atoms with E-state index in [9.17, 15) is 4.79 Å². The maximum absolute atomic E-state index is 13.5. The molecule has 2 aliphatic heterocycles. The van der Waals surface area contributed by atoms with Crippen LogP contribution in [0, 0.1) is 13.8 Å². The number of tetrazole rings is 1. The smallest absolute Gasteiger partial charge is 0.254 e. The van der Waals surface area contributed by atoms with Crippen LogP contribution in [0.1, 0.15) is 47.0 Å². The van der Waals surface area contributed by atoms with Crippen LogP contribution in [0.2, 0.25) is 0 Å². The van der Waals surface area contributed by atoms with E-state index >= 15 is 0 Å². The van der Waals surface area contributed by atoms with Gasteiger partial charge in [0.15, 0.2) is 5.82 Å². The number of nitrogens with one attached hydrogen (secondary N) is 1. The lowest BCUT2D eigenvalue weighted by Gasteiger charge is -2.30. The number of aromatic nitrogens is 5. The molecule has 8 nitrogen and oxygen atoms in total. The van der Waals surface area contributed by atoms with Crippen molar-refractivity contribution < 1.29 is 4.74 Å². The van der Waals surface area contributed by atoms with Gasteiger partial charge in [0.2, 0.25) is 0 Å². The highest BCUT2D eigenvalue weighted by Crippen LogP contribution is 2.37. The van der Waals surface area contributed by atoms with Crippen LogP contribution in [0.3, 0.4) is 0 Å². The number of H-pyrrole nitrogens is 1. The molecule has 4 heterocycles. The first kappa shape index (κ1) is 21.0. The number of ether oxygens (including phenoxy) is 1. The molecule has 1 fully saturated rings. The number of benzene rings is 2. The largest absolute Gasteiger partial charge is 0.376 e. The Bertz CT molecular complexity index is 1420. The molecule has 2 aliphatic rings. The number of aromatic amines is 1. The number of pyridine rings is 1. The van der Waals surface area contributed by atoms with E-state index in [0.29, 0.717) is 17.9 Å². The van der Waals surface area contributed by atoms with Crippen molar-refractivity contribution in [3.8, 4) is 0 Å². The molecule has 0 amide bonds. The molecule has 0 saturated carbocycles. The van der Waals surface area contributed by atoms with Crippen LogP contribution in [-0.4, -0.2) is 44.4 Å². The maximum Gasteiger partial charge on any atom is 0.254 e. The van der Waals surface area contributed by atoms with Gasteiger partial charge in [-0.3, -0.25) is 4.79 Å². The molecule has 2 aromatic carbocycles. The minimum absolute atomic E-state index is 0.0916. The fourth-order valence-corrected chi connectivity index (χ4v) is 5.50. The Hall–Kier alpha value is -3.52. The van der Waals surface area contributed by atoms with Crippen LogP contribution < -0.4 is 10.5 Å². The average Bonchev–Trinajstić information content (AvgIpc) is 3.58. The summed E-state index contributed by atoms with van der Waals surface area (Å²) in [5, 5.41) is 13.8. The molecule has 8 heteroatoms. The Balaban J connectivity index is 1.53. The number of para-hydroxylation sites is 1. The summed E-state index contributed by atoms with van der Waals surface area (Å²) in [5.74, 6) is 0.668. The predicted octanol–water partition coefficient (Wildman–Crippen LogP) is 3.46. The molecule has 0 aliphatic carbocycles. The monoisotopic (exact) mass is 456 g/mol. The van der Waals surface area contributed by atoms with Crippen molar-refractivity contribution in [1.29, 1.82) is 0 Å². The number of hydrogen-bond donors (Lipinski definition) is 1. The highest BCUT2D eigenvalue weighted by atomic mass is 16.5. The van der Waals surface area contributed by atoms with Gasteiger partial charge >= 0.3 is 0 Å². The Morgan fingerprint density at radius 1 is 1.21 bits per heavy atom. The number of aryl methyl sites for hydroxylation is 2. The van der Waals surface area contributed by atoms with Gasteiger partial charge in [0.25, 0.3) is 5.56 Å². The van der Waals surface area contributed by atoms with Crippen LogP contribution in [0.25, 0.3) is 10.9 Å². The molecule has 0 spiro atoms. The molecule has 34 heavy (non-hydrogen) atoms. The first-order chi connectivity index (χ1) is 16.6. The van der Waals surface area contributed by atoms with E-state index in [2.05, 4.69) is 62.7 Å². The summed E-state index contributed by atoms with van der Waals surface area (Å²) in [7, 11) is 0. The second kappa shape index (κ2) is 8.36. The Labute approximate surface area is 197 Å². The number of hydrogen-bond acceptors (Lipinski definition) is 6. The Kier molecular flexibility index (Phi) is 5.17. The quantitative estimate of drug-likeness (QED) is 0.495. The topological polar surface area (TPSA) is 88.9 Å². The third kappa shape index (κ3) is 3.58. The molecule has 6 rings (SSSR count). The summed E-state index contributed by atoms with van der Waals surface area (Å²) < 4.78 is 7.68. The average molecular weight is 457 g/mol. The van der Waals surface area contributed by atoms with Gasteiger partial charge < -0.3 is 14.6 Å². The van der Waals surface area contributed by atoms with E-state index in [0.717, 1.165) is 60.1 Å². The summed E-state index contributed by atoms with van der Waals surface area (Å²) in [4.78, 5) is 19.0. The molecular weight excluding hydrogens is 428 g/mol. The van der Waals surface area contributed by atoms with Crippen molar-refractivity contribution in [3.05, 3.63) is 80.9 Å². The zero-order valence-corrected chi connectivity index (χ0v) is 19.5. The lowest BCUT2D eigenvalue weighted by molar-refractivity contribution is 0.0924. The van der Waals surface area contributed by atoms with Crippen molar-refractivity contribution in [2.45, 2.75) is 51.8 Å². The van der Waals surface area contributed by atoms with E-state index in [1.54, 1.807) is 0 Å². The van der Waals surface area contributed by atoms with E-state index < -0.39 is 6.04 Å². The summed E-state index contributed by atoms with van der Waals surface area (Å²) in [5.41, 5.74) is 6.03. The zero-order chi connectivity index (χ0) is 23.2. The standard InChI is InChI=1S/C26H28N6O2/c1-16-12-17(2)23-19(13-16)14-21(26(33)27-23)24(31-10-9-18-6-3-4-8-22(18)31)25-28-29-30-32(25)15-20-7-5-11-34-20/h3-4,6,8,12-14,20,24H,5,7,9-11,15H2,1-2H3,(H,27,33)/t20-,24+/m1/s1. The summed E-state index contributed by atoms with van der Waals surface area (Å²) in [6.45, 7) is 6.25. The second-order valence-electron chi connectivity index (χ2n) is 9.43. The van der Waals surface area contributed by atoms with Crippen LogP contribution in [0.5, 0.6) is 0 Å². The second-order valence-corrected chi connectivity index (χ2v) is 9.43. The van der Waals surface area contributed by atoms with E-state index in [4.69, 9.17) is 4.74 Å². The van der Waals surface area contributed by atoms with Gasteiger partial charge in [-0.15, -0.1) is 5.10 Å². The number of nitrogens with zero attached hydrogens (tertiary/aromatic N) is 5. The van der Waals surface area contributed by atoms with Gasteiger partial charge in [-0.2, -0.15) is 0 Å². The Morgan fingerprint density at radius 3 is 2.94 bits per heavy atom. The third-order valence-corrected chi connectivity index (χ3v) is 7.06. The van der Waals surface area contributed by atoms with Crippen molar-refractivity contribution in [2.75, 3.05) is 18.1 Å². The van der Waals surface area contributed by atoms with Gasteiger partial charge in [0.1, 0.15) is 6.04 Å². The van der Waals surface area contributed by atoms with Crippen molar-refractivity contribution in [2.24, 2.45) is 0 Å². The SMILES string of the molecule is Cc1cc(C)c2[nH]c(=O)c([C@@H](c3nnnn3C[C@H]3CCCO3)N3CCc4ccccc43)cc2c1. The molecule has 2 aromatic heterocycles. The number of fused-ring (bicyclic) bond motifs is 2. The van der Waals surface area contributed by atoms with Gasteiger partial charge in [-0.05, 0) is 78.2 Å². The highest BCUT2D eigenvalue weighted by molar-refractivity contribution is 5.83. The fourth-order valence-electron chi connectivity index (χ4n) is 5.50. The van der Waals surface area contributed by atoms with E-state index in [1.807, 2.05) is 23.7 Å². The molecule has 4 aromatic rings. The lowest BCUT2D eigenvalue weighted by atomic mass is 10.0. The first-order valence-electron chi connectivity index (χ1n) is 11.9. The van der Waals surface area contributed by atoms with Crippen molar-refractivity contribution >= 4 is 16.6 Å². The van der Waals surface area contributed by atoms with E-state index in [-0.39, 0.29) is 11.7 Å². The summed E-state index contributed by atoms with van der Waals surface area (Å²) >= 11 is 0. The van der Waals surface area contributed by atoms with Crippen LogP contribution in [0.4, 0.5) is 5.69 Å². The minimum atomic E-state index is -0.408. The molecule has 174 valence electrons. The van der Waals surface area contributed by atoms with E-state index in [1.165, 1.54) is 5.56 Å². The van der Waals surface area contributed by atoms with Crippen LogP contribution in [-0.2, 0) is 17.7 Å². The van der Waals surface area contributed by atoms with Crippen LogP contribution in [0.15, 0.2) is 47.3 Å². The minimum Gasteiger partial charge on any atom is -0.376 e. The van der Waals surface area contributed by atoms with Gasteiger partial charge in [0.05, 0.1) is 18.2 Å². The molecule has 0 radical (unpaired) electrons. The van der Waals surface area contributed by atoms with Gasteiger partial charge in [-0.1, -0.05) is 29.8 Å². The Morgan fingerprint density at radius 2 is 2.09 bits per heavy atom. The molecular formula is C26H28N6O2. The maximum atomic E-state index is 13.5. The van der Waals surface area contributed by atoms with Crippen molar-refractivity contribution in [1.82, 2.24) is 25.2 Å². The normalized spacial score (nSPS) is 18.5. The predicted molar refractivity (Wildman–Crippen MR) is 130 cm³/mol. The molecule has 2 atom stereocenters. The first-order valence-corrected chi connectivity index (χ1v) is 11.9. The highest BCUT2D eigenvalue weighted by Gasteiger charge is 2.35. The van der Waals surface area contributed by atoms with Gasteiger partial charge in [0, 0.05) is 24.4 Å². The lowest BCUT2D eigenvalue weighted by Crippen LogP contribution is -2.35. The molecule has 1 saturated heterocycles. The van der Waals surface area contributed by atoms with Crippen LogP contribution >= 0.6 is 0 Å². The summed E-state index contributed by atoms with van der Waals surface area (Å²) in [6.07, 6.45) is 3.05. The molecule has 0 bridgehead atoms. The number of rotatable bonds is 5.